The SMILES string of the molecule is C[C@H](Oc1cccc(Cl)c1)C(=O)Nc1ccc2c(c1)OCCO2. The summed E-state index contributed by atoms with van der Waals surface area (Å²) >= 11 is 5.90. The quantitative estimate of drug-likeness (QED) is 0.930. The van der Waals surface area contributed by atoms with E-state index in [0.29, 0.717) is 41.2 Å². The molecule has 0 radical (unpaired) electrons. The lowest BCUT2D eigenvalue weighted by molar-refractivity contribution is -0.122. The number of halogens is 1. The van der Waals surface area contributed by atoms with Gasteiger partial charge in [-0.3, -0.25) is 4.79 Å². The molecule has 0 spiro atoms. The fraction of sp³-hybridized carbons (Fsp3) is 0.235. The van der Waals surface area contributed by atoms with Gasteiger partial charge in [0.25, 0.3) is 5.91 Å². The fourth-order valence-electron chi connectivity index (χ4n) is 2.16. The van der Waals surface area contributed by atoms with Crippen LogP contribution in [-0.4, -0.2) is 25.2 Å². The maximum Gasteiger partial charge on any atom is 0.265 e. The Hall–Kier alpha value is -2.40. The molecule has 1 atom stereocenters. The van der Waals surface area contributed by atoms with Crippen molar-refractivity contribution in [3.8, 4) is 17.2 Å². The molecule has 0 unspecified atom stereocenters. The zero-order chi connectivity index (χ0) is 16.2. The van der Waals surface area contributed by atoms with Crippen molar-refractivity contribution in [1.82, 2.24) is 0 Å². The van der Waals surface area contributed by atoms with Crippen LogP contribution < -0.4 is 19.5 Å². The standard InChI is InChI=1S/C17H16ClNO4/c1-11(23-14-4-2-3-12(18)9-14)17(20)19-13-5-6-15-16(10-13)22-8-7-21-15/h2-6,9-11H,7-8H2,1H3,(H,19,20)/t11-/m0/s1. The highest BCUT2D eigenvalue weighted by atomic mass is 35.5. The van der Waals surface area contributed by atoms with Gasteiger partial charge in [0, 0.05) is 16.8 Å². The van der Waals surface area contributed by atoms with E-state index in [1.807, 2.05) is 0 Å². The van der Waals surface area contributed by atoms with Crippen LogP contribution >= 0.6 is 11.6 Å². The molecule has 0 bridgehead atoms. The fourth-order valence-corrected chi connectivity index (χ4v) is 2.34. The minimum Gasteiger partial charge on any atom is -0.486 e. The second-order valence-corrected chi connectivity index (χ2v) is 5.50. The first-order chi connectivity index (χ1) is 11.1. The highest BCUT2D eigenvalue weighted by molar-refractivity contribution is 6.30. The second-order valence-electron chi connectivity index (χ2n) is 5.07. The molecule has 6 heteroatoms. The van der Waals surface area contributed by atoms with E-state index in [9.17, 15) is 4.79 Å². The number of carbonyl (C=O) groups excluding carboxylic acids is 1. The van der Waals surface area contributed by atoms with E-state index in [0.717, 1.165) is 0 Å². The number of amides is 1. The normalized spacial score (nSPS) is 14.0. The van der Waals surface area contributed by atoms with Crippen LogP contribution in [-0.2, 0) is 4.79 Å². The molecule has 0 saturated carbocycles. The van der Waals surface area contributed by atoms with Crippen LogP contribution in [0.15, 0.2) is 42.5 Å². The van der Waals surface area contributed by atoms with Gasteiger partial charge in [-0.25, -0.2) is 0 Å². The summed E-state index contributed by atoms with van der Waals surface area (Å²) in [5, 5.41) is 3.35. The van der Waals surface area contributed by atoms with Gasteiger partial charge < -0.3 is 19.5 Å². The molecular weight excluding hydrogens is 318 g/mol. The molecule has 1 aliphatic heterocycles. The van der Waals surface area contributed by atoms with Gasteiger partial charge in [-0.15, -0.1) is 0 Å². The highest BCUT2D eigenvalue weighted by Crippen LogP contribution is 2.32. The van der Waals surface area contributed by atoms with Gasteiger partial charge in [0.1, 0.15) is 19.0 Å². The third kappa shape index (κ3) is 3.87. The summed E-state index contributed by atoms with van der Waals surface area (Å²) in [4.78, 5) is 12.2. The second kappa shape index (κ2) is 6.79. The van der Waals surface area contributed by atoms with E-state index in [-0.39, 0.29) is 5.91 Å². The molecule has 3 rings (SSSR count). The monoisotopic (exact) mass is 333 g/mol. The number of hydrogen-bond donors (Lipinski definition) is 1. The first-order valence-corrected chi connectivity index (χ1v) is 7.62. The van der Waals surface area contributed by atoms with E-state index in [2.05, 4.69) is 5.32 Å². The molecule has 1 amide bonds. The molecule has 1 aliphatic rings. The summed E-state index contributed by atoms with van der Waals surface area (Å²) in [6.45, 7) is 2.70. The van der Waals surface area contributed by atoms with Crippen LogP contribution in [0.25, 0.3) is 0 Å². The Morgan fingerprint density at radius 1 is 1.17 bits per heavy atom. The van der Waals surface area contributed by atoms with Gasteiger partial charge in [0.15, 0.2) is 17.6 Å². The predicted molar refractivity (Wildman–Crippen MR) is 87.6 cm³/mol. The minimum absolute atomic E-state index is 0.262. The number of nitrogens with one attached hydrogen (secondary N) is 1. The summed E-state index contributed by atoms with van der Waals surface area (Å²) in [5.41, 5.74) is 0.626. The minimum atomic E-state index is -0.665. The number of anilines is 1. The van der Waals surface area contributed by atoms with Crippen molar-refractivity contribution in [2.24, 2.45) is 0 Å². The molecule has 0 aromatic heterocycles. The summed E-state index contributed by atoms with van der Waals surface area (Å²) in [6.07, 6.45) is -0.665. The summed E-state index contributed by atoms with van der Waals surface area (Å²) in [5.74, 6) is 1.58. The molecule has 2 aromatic rings. The van der Waals surface area contributed by atoms with Crippen LogP contribution in [0.1, 0.15) is 6.92 Å². The number of ether oxygens (including phenoxy) is 3. The first kappa shape index (κ1) is 15.5. The van der Waals surface area contributed by atoms with Gasteiger partial charge in [-0.1, -0.05) is 17.7 Å². The largest absolute Gasteiger partial charge is 0.486 e. The summed E-state index contributed by atoms with van der Waals surface area (Å²) < 4.78 is 16.5. The van der Waals surface area contributed by atoms with Crippen LogP contribution in [0.3, 0.4) is 0 Å². The Balaban J connectivity index is 1.64. The molecule has 0 aliphatic carbocycles. The maximum absolute atomic E-state index is 12.2. The van der Waals surface area contributed by atoms with E-state index in [1.54, 1.807) is 49.4 Å². The van der Waals surface area contributed by atoms with Crippen molar-refractivity contribution in [3.05, 3.63) is 47.5 Å². The molecule has 1 heterocycles. The van der Waals surface area contributed by atoms with E-state index in [4.69, 9.17) is 25.8 Å². The van der Waals surface area contributed by atoms with Gasteiger partial charge in [-0.2, -0.15) is 0 Å². The Bertz CT molecular complexity index is 719. The summed E-state index contributed by atoms with van der Waals surface area (Å²) in [6, 6.07) is 12.2. The number of benzene rings is 2. The van der Waals surface area contributed by atoms with Crippen molar-refractivity contribution in [1.29, 1.82) is 0 Å². The number of hydrogen-bond acceptors (Lipinski definition) is 4. The van der Waals surface area contributed by atoms with Crippen molar-refractivity contribution < 1.29 is 19.0 Å². The molecule has 23 heavy (non-hydrogen) atoms. The van der Waals surface area contributed by atoms with Crippen molar-refractivity contribution >= 4 is 23.2 Å². The molecule has 0 saturated heterocycles. The Labute approximate surface area is 139 Å². The van der Waals surface area contributed by atoms with Crippen LogP contribution in [0.5, 0.6) is 17.2 Å². The number of rotatable bonds is 4. The average Bonchev–Trinajstić information content (AvgIpc) is 2.54. The van der Waals surface area contributed by atoms with Gasteiger partial charge in [0.2, 0.25) is 0 Å². The predicted octanol–water partition coefficient (Wildman–Crippen LogP) is 3.52. The molecule has 5 nitrogen and oxygen atoms in total. The third-order valence-electron chi connectivity index (χ3n) is 3.29. The lowest BCUT2D eigenvalue weighted by Gasteiger charge is -2.19. The highest BCUT2D eigenvalue weighted by Gasteiger charge is 2.17. The molecule has 0 fully saturated rings. The van der Waals surface area contributed by atoms with Crippen LogP contribution in [0, 0.1) is 0 Å². The first-order valence-electron chi connectivity index (χ1n) is 7.24. The Morgan fingerprint density at radius 3 is 2.74 bits per heavy atom. The average molecular weight is 334 g/mol. The van der Waals surface area contributed by atoms with Crippen LogP contribution in [0.2, 0.25) is 5.02 Å². The lowest BCUT2D eigenvalue weighted by Crippen LogP contribution is -2.30. The molecule has 120 valence electrons. The van der Waals surface area contributed by atoms with Gasteiger partial charge >= 0.3 is 0 Å². The molecule has 1 N–H and O–H groups in total. The van der Waals surface area contributed by atoms with E-state index >= 15 is 0 Å². The Kier molecular flexibility index (Phi) is 4.57. The Morgan fingerprint density at radius 2 is 1.96 bits per heavy atom. The van der Waals surface area contributed by atoms with E-state index < -0.39 is 6.10 Å². The molecule has 2 aromatic carbocycles. The van der Waals surface area contributed by atoms with Crippen molar-refractivity contribution in [2.75, 3.05) is 18.5 Å². The van der Waals surface area contributed by atoms with Crippen LogP contribution in [0.4, 0.5) is 5.69 Å². The van der Waals surface area contributed by atoms with E-state index in [1.165, 1.54) is 0 Å². The topological polar surface area (TPSA) is 56.8 Å². The summed E-state index contributed by atoms with van der Waals surface area (Å²) in [7, 11) is 0. The third-order valence-corrected chi connectivity index (χ3v) is 3.52. The number of fused-ring (bicyclic) bond motifs is 1. The maximum atomic E-state index is 12.2. The van der Waals surface area contributed by atoms with Crippen molar-refractivity contribution in [2.45, 2.75) is 13.0 Å². The smallest absolute Gasteiger partial charge is 0.265 e. The number of carbonyl (C=O) groups is 1. The molecular formula is C17H16ClNO4. The van der Waals surface area contributed by atoms with Gasteiger partial charge in [0.05, 0.1) is 0 Å². The van der Waals surface area contributed by atoms with Crippen molar-refractivity contribution in [3.63, 3.8) is 0 Å². The zero-order valence-electron chi connectivity index (χ0n) is 12.5. The lowest BCUT2D eigenvalue weighted by atomic mass is 10.2. The van der Waals surface area contributed by atoms with Gasteiger partial charge in [-0.05, 0) is 37.3 Å². The zero-order valence-corrected chi connectivity index (χ0v) is 13.3.